The third-order valence-electron chi connectivity index (χ3n) is 3.75. The molecule has 0 fully saturated rings. The van der Waals surface area contributed by atoms with Crippen molar-refractivity contribution in [1.29, 1.82) is 10.5 Å². The minimum Gasteiger partial charge on any atom is -0.232 e. The summed E-state index contributed by atoms with van der Waals surface area (Å²) in [6, 6.07) is 7.31. The minimum atomic E-state index is -3.37. The lowest BCUT2D eigenvalue weighted by molar-refractivity contribution is 0.604. The molecule has 0 bridgehead atoms. The predicted octanol–water partition coefficient (Wildman–Crippen LogP) is 3.51. The van der Waals surface area contributed by atoms with E-state index < -0.39 is 9.84 Å². The van der Waals surface area contributed by atoms with E-state index in [0.717, 1.165) is 25.9 Å². The van der Waals surface area contributed by atoms with Gasteiger partial charge in [0, 0.05) is 21.9 Å². The van der Waals surface area contributed by atoms with Gasteiger partial charge in [0.15, 0.2) is 21.2 Å². The molecule has 0 saturated carbocycles. The van der Waals surface area contributed by atoms with Crippen LogP contribution in [0.3, 0.4) is 0 Å². The van der Waals surface area contributed by atoms with E-state index in [2.05, 4.69) is 9.97 Å². The number of nitriles is 2. The van der Waals surface area contributed by atoms with Crippen LogP contribution in [0.25, 0.3) is 31.2 Å². The summed E-state index contributed by atoms with van der Waals surface area (Å²) in [6.07, 6.45) is 1.16. The smallest absolute Gasteiger partial charge is 0.184 e. The minimum absolute atomic E-state index is 0.0296. The number of hydrogen-bond acceptors (Lipinski definition) is 8. The molecular formula is C16H8N4O2S3. The van der Waals surface area contributed by atoms with E-state index in [9.17, 15) is 18.9 Å². The first-order valence-corrected chi connectivity index (χ1v) is 10.5. The van der Waals surface area contributed by atoms with Gasteiger partial charge in [-0.05, 0) is 19.1 Å². The van der Waals surface area contributed by atoms with Crippen LogP contribution in [-0.2, 0) is 9.84 Å². The third kappa shape index (κ3) is 2.29. The second kappa shape index (κ2) is 5.20. The fourth-order valence-corrected chi connectivity index (χ4v) is 5.97. The molecule has 9 heteroatoms. The molecule has 4 rings (SSSR count). The highest BCUT2D eigenvalue weighted by Crippen LogP contribution is 2.43. The molecule has 0 unspecified atom stereocenters. The highest BCUT2D eigenvalue weighted by atomic mass is 32.2. The molecule has 0 N–H and O–H groups in total. The first-order chi connectivity index (χ1) is 11.8. The van der Waals surface area contributed by atoms with E-state index in [1.54, 1.807) is 17.4 Å². The summed E-state index contributed by atoms with van der Waals surface area (Å²) in [6.45, 7) is 1.95. The van der Waals surface area contributed by atoms with Crippen molar-refractivity contribution in [2.24, 2.45) is 0 Å². The topological polar surface area (TPSA) is 108 Å². The summed E-state index contributed by atoms with van der Waals surface area (Å²) in [5.41, 5.74) is 0.870. The monoisotopic (exact) mass is 384 g/mol. The molecule has 1 aromatic carbocycles. The van der Waals surface area contributed by atoms with Crippen LogP contribution >= 0.6 is 22.7 Å². The van der Waals surface area contributed by atoms with E-state index in [0.29, 0.717) is 16.4 Å². The molecule has 0 amide bonds. The zero-order chi connectivity index (χ0) is 17.9. The van der Waals surface area contributed by atoms with Crippen molar-refractivity contribution in [1.82, 2.24) is 9.97 Å². The van der Waals surface area contributed by atoms with Crippen molar-refractivity contribution >= 4 is 63.7 Å². The van der Waals surface area contributed by atoms with E-state index in [4.69, 9.17) is 0 Å². The summed E-state index contributed by atoms with van der Waals surface area (Å²) in [7, 11) is -3.37. The first-order valence-electron chi connectivity index (χ1n) is 7.01. The van der Waals surface area contributed by atoms with Gasteiger partial charge in [-0.1, -0.05) is 0 Å². The van der Waals surface area contributed by atoms with Gasteiger partial charge in [-0.3, -0.25) is 0 Å². The lowest BCUT2D eigenvalue weighted by Gasteiger charge is -2.03. The fraction of sp³-hybridized carbons (Fsp3) is 0.125. The number of sulfone groups is 1. The van der Waals surface area contributed by atoms with Crippen LogP contribution in [0, 0.1) is 29.6 Å². The van der Waals surface area contributed by atoms with E-state index >= 15 is 0 Å². The van der Waals surface area contributed by atoms with Gasteiger partial charge < -0.3 is 0 Å². The molecule has 3 aromatic heterocycles. The number of rotatable bonds is 1. The van der Waals surface area contributed by atoms with Gasteiger partial charge >= 0.3 is 0 Å². The molecule has 0 aliphatic carbocycles. The molecular weight excluding hydrogens is 376 g/mol. The van der Waals surface area contributed by atoms with Gasteiger partial charge in [-0.15, -0.1) is 22.7 Å². The van der Waals surface area contributed by atoms with Gasteiger partial charge in [0.25, 0.3) is 0 Å². The van der Waals surface area contributed by atoms with Crippen LogP contribution < -0.4 is 0 Å². The molecule has 6 nitrogen and oxygen atoms in total. The molecule has 3 heterocycles. The van der Waals surface area contributed by atoms with Crippen LogP contribution in [0.15, 0.2) is 16.3 Å². The Morgan fingerprint density at radius 2 is 1.48 bits per heavy atom. The zero-order valence-corrected chi connectivity index (χ0v) is 15.4. The molecule has 0 spiro atoms. The van der Waals surface area contributed by atoms with Crippen LogP contribution in [0.1, 0.15) is 16.3 Å². The van der Waals surface area contributed by atoms with E-state index in [-0.39, 0.29) is 15.6 Å². The normalized spacial score (nSPS) is 11.8. The van der Waals surface area contributed by atoms with Gasteiger partial charge in [0.2, 0.25) is 0 Å². The second-order valence-corrected chi connectivity index (χ2v) is 10.1. The maximum atomic E-state index is 12.0. The van der Waals surface area contributed by atoms with E-state index in [1.807, 2.05) is 25.1 Å². The third-order valence-corrected chi connectivity index (χ3v) is 7.91. The maximum absolute atomic E-state index is 12.0. The Balaban J connectivity index is 2.34. The number of aryl methyl sites for hydroxylation is 1. The Kier molecular flexibility index (Phi) is 3.31. The summed E-state index contributed by atoms with van der Waals surface area (Å²) in [4.78, 5) is 9.71. The summed E-state index contributed by atoms with van der Waals surface area (Å²) in [5.74, 6) is 0. The van der Waals surface area contributed by atoms with Crippen LogP contribution in [0.2, 0.25) is 0 Å². The second-order valence-electron chi connectivity index (χ2n) is 5.52. The van der Waals surface area contributed by atoms with Crippen molar-refractivity contribution in [3.63, 3.8) is 0 Å². The molecule has 122 valence electrons. The number of aromatic nitrogens is 2. The first kappa shape index (κ1) is 15.9. The van der Waals surface area contributed by atoms with Gasteiger partial charge in [-0.2, -0.15) is 10.5 Å². The molecule has 0 aliphatic heterocycles. The summed E-state index contributed by atoms with van der Waals surface area (Å²) in [5, 5.41) is 19.9. The van der Waals surface area contributed by atoms with Crippen molar-refractivity contribution in [2.75, 3.05) is 6.26 Å². The largest absolute Gasteiger partial charge is 0.232 e. The lowest BCUT2D eigenvalue weighted by Crippen LogP contribution is -1.96. The van der Waals surface area contributed by atoms with Crippen LogP contribution in [-0.4, -0.2) is 24.6 Å². The Hall–Kier alpha value is -2.59. The fourth-order valence-electron chi connectivity index (χ4n) is 2.72. The Morgan fingerprint density at radius 1 is 0.960 bits per heavy atom. The Morgan fingerprint density at radius 3 is 2.00 bits per heavy atom. The average molecular weight is 384 g/mol. The van der Waals surface area contributed by atoms with Crippen molar-refractivity contribution in [3.05, 3.63) is 28.4 Å². The number of fused-ring (bicyclic) bond motifs is 6. The SMILES string of the molecule is Cc1cc2c3nc(C#N)c(C#N)nc3c3cc(S(C)(=O)=O)sc3c2s1. The van der Waals surface area contributed by atoms with Crippen molar-refractivity contribution < 1.29 is 8.42 Å². The van der Waals surface area contributed by atoms with Gasteiger partial charge in [0.05, 0.1) is 20.4 Å². The summed E-state index contributed by atoms with van der Waals surface area (Å²) < 4.78 is 25.9. The summed E-state index contributed by atoms with van der Waals surface area (Å²) >= 11 is 2.74. The van der Waals surface area contributed by atoms with Crippen molar-refractivity contribution in [2.45, 2.75) is 11.1 Å². The van der Waals surface area contributed by atoms with Crippen LogP contribution in [0.5, 0.6) is 0 Å². The number of thiophene rings is 2. The average Bonchev–Trinajstić information content (AvgIpc) is 3.16. The lowest BCUT2D eigenvalue weighted by atomic mass is 10.1. The molecule has 0 atom stereocenters. The predicted molar refractivity (Wildman–Crippen MR) is 97.6 cm³/mol. The Labute approximate surface area is 150 Å². The quantitative estimate of drug-likeness (QED) is 0.497. The Bertz CT molecular complexity index is 1400. The van der Waals surface area contributed by atoms with Gasteiger partial charge in [-0.25, -0.2) is 18.4 Å². The van der Waals surface area contributed by atoms with Gasteiger partial charge in [0.1, 0.15) is 16.3 Å². The van der Waals surface area contributed by atoms with Crippen molar-refractivity contribution in [3.8, 4) is 12.1 Å². The molecule has 25 heavy (non-hydrogen) atoms. The molecule has 4 aromatic rings. The molecule has 0 saturated heterocycles. The van der Waals surface area contributed by atoms with E-state index in [1.165, 1.54) is 11.3 Å². The number of hydrogen-bond donors (Lipinski definition) is 0. The number of benzene rings is 1. The highest BCUT2D eigenvalue weighted by Gasteiger charge is 2.21. The molecule has 0 aliphatic rings. The molecule has 0 radical (unpaired) electrons. The highest BCUT2D eigenvalue weighted by molar-refractivity contribution is 7.93. The standard InChI is InChI=1S/C16H8N4O2S3/c1-7-3-8-13-14(20-11(6-18)10(5-17)19-13)9-4-12(25(2,21)22)24-16(9)15(8)23-7/h3-4H,1-2H3. The van der Waals surface area contributed by atoms with Crippen LogP contribution in [0.4, 0.5) is 0 Å². The zero-order valence-electron chi connectivity index (χ0n) is 13.0. The maximum Gasteiger partial charge on any atom is 0.184 e. The number of nitrogens with zero attached hydrogens (tertiary/aromatic N) is 4.